The number of aryl methyl sites for hydroxylation is 3. The molecule has 0 saturated carbocycles. The Balaban J connectivity index is 2.40. The number of rotatable bonds is 4. The molecule has 0 unspecified atom stereocenters. The van der Waals surface area contributed by atoms with E-state index in [-0.39, 0.29) is 11.9 Å². The molecule has 1 N–H and O–H groups in total. The van der Waals surface area contributed by atoms with Crippen LogP contribution in [0.1, 0.15) is 46.7 Å². The Labute approximate surface area is 127 Å². The summed E-state index contributed by atoms with van der Waals surface area (Å²) in [5.41, 5.74) is 5.40. The topological polar surface area (TPSA) is 34.0 Å². The van der Waals surface area contributed by atoms with E-state index in [4.69, 9.17) is 0 Å². The number of hydrogen-bond acceptors (Lipinski definition) is 1. The zero-order chi connectivity index (χ0) is 15.6. The number of nitrogens with zero attached hydrogens (tertiary/aromatic N) is 1. The molecule has 2 rings (SSSR count). The minimum absolute atomic E-state index is 0.00387. The van der Waals surface area contributed by atoms with Crippen LogP contribution in [0, 0.1) is 20.8 Å². The number of carbonyl (C=O) groups is 1. The summed E-state index contributed by atoms with van der Waals surface area (Å²) in [5, 5.41) is 2.99. The van der Waals surface area contributed by atoms with Crippen molar-refractivity contribution in [1.29, 1.82) is 0 Å². The smallest absolute Gasteiger partial charge is 0.268 e. The summed E-state index contributed by atoms with van der Waals surface area (Å²) in [7, 11) is 0. The Morgan fingerprint density at radius 3 is 2.43 bits per heavy atom. The van der Waals surface area contributed by atoms with Crippen molar-refractivity contribution < 1.29 is 4.79 Å². The molecule has 2 aromatic rings. The first kappa shape index (κ1) is 15.4. The standard InChI is InChI=1S/C18H24N2O/c1-12(2)19-18(21)17-14(4)10-15(5)20(17)11-16-9-7-6-8-13(16)3/h6-10,12H,11H2,1-5H3,(H,19,21). The number of nitrogens with one attached hydrogen (secondary N) is 1. The van der Waals surface area contributed by atoms with Crippen LogP contribution in [0.25, 0.3) is 0 Å². The predicted octanol–water partition coefficient (Wildman–Crippen LogP) is 3.60. The Kier molecular flexibility index (Phi) is 4.51. The van der Waals surface area contributed by atoms with Crippen molar-refractivity contribution in [3.05, 3.63) is 58.4 Å². The molecular weight excluding hydrogens is 260 g/mol. The van der Waals surface area contributed by atoms with Crippen molar-refractivity contribution in [2.45, 2.75) is 47.2 Å². The quantitative estimate of drug-likeness (QED) is 0.914. The van der Waals surface area contributed by atoms with Crippen molar-refractivity contribution in [3.63, 3.8) is 0 Å². The highest BCUT2D eigenvalue weighted by molar-refractivity contribution is 5.94. The molecule has 21 heavy (non-hydrogen) atoms. The molecule has 1 aromatic heterocycles. The van der Waals surface area contributed by atoms with Crippen LogP contribution in [0.4, 0.5) is 0 Å². The molecule has 1 aromatic carbocycles. The largest absolute Gasteiger partial charge is 0.349 e. The van der Waals surface area contributed by atoms with Gasteiger partial charge < -0.3 is 9.88 Å². The van der Waals surface area contributed by atoms with E-state index in [1.807, 2.05) is 32.9 Å². The molecule has 0 aliphatic carbocycles. The van der Waals surface area contributed by atoms with Crippen LogP contribution in [0.5, 0.6) is 0 Å². The van der Waals surface area contributed by atoms with Gasteiger partial charge in [0.1, 0.15) is 5.69 Å². The number of hydrogen-bond donors (Lipinski definition) is 1. The van der Waals surface area contributed by atoms with Crippen molar-refractivity contribution >= 4 is 5.91 Å². The van der Waals surface area contributed by atoms with Crippen LogP contribution < -0.4 is 5.32 Å². The van der Waals surface area contributed by atoms with Crippen LogP contribution in [0.3, 0.4) is 0 Å². The van der Waals surface area contributed by atoms with E-state index in [1.54, 1.807) is 0 Å². The highest BCUT2D eigenvalue weighted by atomic mass is 16.2. The number of benzene rings is 1. The number of amides is 1. The summed E-state index contributed by atoms with van der Waals surface area (Å²) >= 11 is 0. The second kappa shape index (κ2) is 6.17. The van der Waals surface area contributed by atoms with E-state index in [9.17, 15) is 4.79 Å². The average Bonchev–Trinajstić information content (AvgIpc) is 2.66. The molecule has 0 fully saturated rings. The molecule has 0 bridgehead atoms. The second-order valence-electron chi connectivity index (χ2n) is 5.96. The first-order chi connectivity index (χ1) is 9.90. The molecule has 1 amide bonds. The van der Waals surface area contributed by atoms with Gasteiger partial charge in [0.25, 0.3) is 5.91 Å². The third-order valence-electron chi connectivity index (χ3n) is 3.72. The van der Waals surface area contributed by atoms with Crippen molar-refractivity contribution in [2.24, 2.45) is 0 Å². The Bertz CT molecular complexity index is 653. The van der Waals surface area contributed by atoms with Gasteiger partial charge in [0.15, 0.2) is 0 Å². The summed E-state index contributed by atoms with van der Waals surface area (Å²) in [6, 6.07) is 10.5. The van der Waals surface area contributed by atoms with E-state index in [2.05, 4.69) is 41.9 Å². The molecule has 0 saturated heterocycles. The molecular formula is C18H24N2O. The average molecular weight is 284 g/mol. The SMILES string of the molecule is Cc1ccccc1Cn1c(C)cc(C)c1C(=O)NC(C)C. The maximum absolute atomic E-state index is 12.5. The maximum atomic E-state index is 12.5. The fraction of sp³-hybridized carbons (Fsp3) is 0.389. The molecule has 0 spiro atoms. The monoisotopic (exact) mass is 284 g/mol. The number of carbonyl (C=O) groups excluding carboxylic acids is 1. The fourth-order valence-corrected chi connectivity index (χ4v) is 2.64. The van der Waals surface area contributed by atoms with Crippen LogP contribution in [0.15, 0.2) is 30.3 Å². The van der Waals surface area contributed by atoms with Gasteiger partial charge in [-0.05, 0) is 57.4 Å². The van der Waals surface area contributed by atoms with E-state index in [1.165, 1.54) is 11.1 Å². The van der Waals surface area contributed by atoms with Crippen LogP contribution in [-0.4, -0.2) is 16.5 Å². The summed E-state index contributed by atoms with van der Waals surface area (Å²) in [6.45, 7) is 10.8. The lowest BCUT2D eigenvalue weighted by molar-refractivity contribution is 0.0933. The van der Waals surface area contributed by atoms with Gasteiger partial charge in [0, 0.05) is 18.3 Å². The number of aromatic nitrogens is 1. The van der Waals surface area contributed by atoms with E-state index >= 15 is 0 Å². The summed E-state index contributed by atoms with van der Waals surface area (Å²) in [4.78, 5) is 12.5. The van der Waals surface area contributed by atoms with Gasteiger partial charge in [-0.2, -0.15) is 0 Å². The Morgan fingerprint density at radius 2 is 1.81 bits per heavy atom. The minimum Gasteiger partial charge on any atom is -0.349 e. The maximum Gasteiger partial charge on any atom is 0.268 e. The summed E-state index contributed by atoms with van der Waals surface area (Å²) < 4.78 is 2.11. The summed E-state index contributed by atoms with van der Waals surface area (Å²) in [5.74, 6) is 0.00387. The highest BCUT2D eigenvalue weighted by Crippen LogP contribution is 2.19. The fourth-order valence-electron chi connectivity index (χ4n) is 2.64. The molecule has 0 aliphatic heterocycles. The second-order valence-corrected chi connectivity index (χ2v) is 5.96. The van der Waals surface area contributed by atoms with Crippen LogP contribution in [0.2, 0.25) is 0 Å². The zero-order valence-corrected chi connectivity index (χ0v) is 13.5. The van der Waals surface area contributed by atoms with Gasteiger partial charge in [-0.15, -0.1) is 0 Å². The lowest BCUT2D eigenvalue weighted by Crippen LogP contribution is -2.32. The molecule has 3 nitrogen and oxygen atoms in total. The normalized spacial score (nSPS) is 11.0. The van der Waals surface area contributed by atoms with Gasteiger partial charge in [0.2, 0.25) is 0 Å². The third kappa shape index (κ3) is 3.35. The molecule has 0 radical (unpaired) electrons. The lowest BCUT2D eigenvalue weighted by atomic mass is 10.1. The van der Waals surface area contributed by atoms with Crippen LogP contribution >= 0.6 is 0 Å². The first-order valence-electron chi connectivity index (χ1n) is 7.42. The van der Waals surface area contributed by atoms with E-state index < -0.39 is 0 Å². The van der Waals surface area contributed by atoms with Crippen molar-refractivity contribution in [2.75, 3.05) is 0 Å². The Morgan fingerprint density at radius 1 is 1.14 bits per heavy atom. The van der Waals surface area contributed by atoms with E-state index in [0.717, 1.165) is 23.5 Å². The molecule has 1 heterocycles. The van der Waals surface area contributed by atoms with Gasteiger partial charge in [-0.1, -0.05) is 24.3 Å². The van der Waals surface area contributed by atoms with Crippen molar-refractivity contribution in [1.82, 2.24) is 9.88 Å². The molecule has 0 aliphatic rings. The van der Waals surface area contributed by atoms with Gasteiger partial charge >= 0.3 is 0 Å². The third-order valence-corrected chi connectivity index (χ3v) is 3.72. The summed E-state index contributed by atoms with van der Waals surface area (Å²) in [6.07, 6.45) is 0. The van der Waals surface area contributed by atoms with E-state index in [0.29, 0.717) is 0 Å². The molecule has 112 valence electrons. The zero-order valence-electron chi connectivity index (χ0n) is 13.5. The highest BCUT2D eigenvalue weighted by Gasteiger charge is 2.18. The molecule has 0 atom stereocenters. The molecule has 3 heteroatoms. The van der Waals surface area contributed by atoms with Gasteiger partial charge in [-0.25, -0.2) is 0 Å². The van der Waals surface area contributed by atoms with Crippen LogP contribution in [-0.2, 0) is 6.54 Å². The first-order valence-corrected chi connectivity index (χ1v) is 7.42. The predicted molar refractivity (Wildman–Crippen MR) is 86.8 cm³/mol. The van der Waals surface area contributed by atoms with Gasteiger partial charge in [0.05, 0.1) is 0 Å². The van der Waals surface area contributed by atoms with Crippen molar-refractivity contribution in [3.8, 4) is 0 Å². The Hall–Kier alpha value is -2.03. The van der Waals surface area contributed by atoms with Gasteiger partial charge in [-0.3, -0.25) is 4.79 Å². The minimum atomic E-state index is 0.00387. The lowest BCUT2D eigenvalue weighted by Gasteiger charge is -2.15.